The van der Waals surface area contributed by atoms with Crippen LogP contribution in [0.4, 0.5) is 0 Å². The van der Waals surface area contributed by atoms with Gasteiger partial charge in [0.1, 0.15) is 16.9 Å². The van der Waals surface area contributed by atoms with Crippen molar-refractivity contribution >= 4 is 23.2 Å². The number of carbonyl (C=O) groups is 2. The van der Waals surface area contributed by atoms with E-state index in [0.29, 0.717) is 13.2 Å². The number of para-hydroxylation sites is 1. The van der Waals surface area contributed by atoms with Gasteiger partial charge in [0.05, 0.1) is 18.7 Å². The van der Waals surface area contributed by atoms with Gasteiger partial charge in [-0.1, -0.05) is 12.1 Å². The maximum absolute atomic E-state index is 12.9. The van der Waals surface area contributed by atoms with Crippen LogP contribution in [0.5, 0.6) is 11.6 Å². The highest BCUT2D eigenvalue weighted by atomic mass is 32.1. The van der Waals surface area contributed by atoms with Gasteiger partial charge in [-0.05, 0) is 48.2 Å². The molecule has 1 aromatic carbocycles. The number of nitrogens with zero attached hydrogens (tertiary/aromatic N) is 1. The van der Waals surface area contributed by atoms with Crippen LogP contribution in [-0.2, 0) is 16.8 Å². The molecule has 4 rings (SSSR count). The molecule has 0 bridgehead atoms. The number of fused-ring (bicyclic) bond motifs is 1. The molecule has 3 aromatic rings. The molecule has 0 radical (unpaired) electrons. The Morgan fingerprint density at radius 1 is 1.23 bits per heavy atom. The largest absolute Gasteiger partial charge is 0.437 e. The van der Waals surface area contributed by atoms with E-state index in [2.05, 4.69) is 10.3 Å². The van der Waals surface area contributed by atoms with Crippen LogP contribution in [0.1, 0.15) is 38.1 Å². The first-order chi connectivity index (χ1) is 14.5. The molecule has 0 saturated carbocycles. The standard InChI is InChI=1S/C22H21N3O4S/c1-22(16-9-12-30-18(16)8-11-28-22)13-25-20(27)15-6-4-10-24-21(15)29-17-7-3-2-5-14(17)19(23)26/h2-7,9-10,12H,8,11,13H2,1H3,(H2,23,26)(H,25,27). The number of aromatic nitrogens is 1. The summed E-state index contributed by atoms with van der Waals surface area (Å²) in [4.78, 5) is 30.0. The zero-order chi connectivity index (χ0) is 21.1. The minimum Gasteiger partial charge on any atom is -0.437 e. The van der Waals surface area contributed by atoms with E-state index in [0.717, 1.165) is 12.0 Å². The van der Waals surface area contributed by atoms with Gasteiger partial charge < -0.3 is 20.5 Å². The van der Waals surface area contributed by atoms with E-state index in [1.807, 2.05) is 18.4 Å². The summed E-state index contributed by atoms with van der Waals surface area (Å²) >= 11 is 1.71. The Morgan fingerprint density at radius 3 is 2.87 bits per heavy atom. The van der Waals surface area contributed by atoms with Crippen molar-refractivity contribution in [1.82, 2.24) is 10.3 Å². The monoisotopic (exact) mass is 423 g/mol. The van der Waals surface area contributed by atoms with Crippen molar-refractivity contribution in [2.24, 2.45) is 5.73 Å². The number of rotatable bonds is 6. The second-order valence-corrected chi connectivity index (χ2v) is 8.09. The molecular weight excluding hydrogens is 402 g/mol. The van der Waals surface area contributed by atoms with Gasteiger partial charge in [-0.25, -0.2) is 4.98 Å². The molecule has 1 atom stereocenters. The first-order valence-electron chi connectivity index (χ1n) is 9.48. The molecule has 2 amide bonds. The molecule has 30 heavy (non-hydrogen) atoms. The van der Waals surface area contributed by atoms with Crippen molar-refractivity contribution in [1.29, 1.82) is 0 Å². The Hall–Kier alpha value is -3.23. The van der Waals surface area contributed by atoms with E-state index in [9.17, 15) is 9.59 Å². The molecule has 154 valence electrons. The number of hydrogen-bond acceptors (Lipinski definition) is 6. The summed E-state index contributed by atoms with van der Waals surface area (Å²) in [5, 5.41) is 4.98. The van der Waals surface area contributed by atoms with E-state index in [4.69, 9.17) is 15.2 Å². The lowest BCUT2D eigenvalue weighted by atomic mass is 9.93. The number of hydrogen-bond donors (Lipinski definition) is 2. The van der Waals surface area contributed by atoms with Crippen LogP contribution in [0.15, 0.2) is 54.0 Å². The predicted molar refractivity (Wildman–Crippen MR) is 113 cm³/mol. The Balaban J connectivity index is 1.53. The molecule has 2 aromatic heterocycles. The summed E-state index contributed by atoms with van der Waals surface area (Å²) in [5.41, 5.74) is 6.39. The fraction of sp³-hybridized carbons (Fsp3) is 0.227. The molecule has 1 aliphatic rings. The molecule has 7 nitrogen and oxygen atoms in total. The molecule has 0 fully saturated rings. The van der Waals surface area contributed by atoms with Crippen molar-refractivity contribution < 1.29 is 19.1 Å². The molecule has 3 heterocycles. The third kappa shape index (κ3) is 3.92. The van der Waals surface area contributed by atoms with Gasteiger partial charge in [-0.2, -0.15) is 0 Å². The fourth-order valence-corrected chi connectivity index (χ4v) is 4.43. The summed E-state index contributed by atoms with van der Waals surface area (Å²) in [6.07, 6.45) is 2.40. The quantitative estimate of drug-likeness (QED) is 0.633. The van der Waals surface area contributed by atoms with Gasteiger partial charge in [0.15, 0.2) is 0 Å². The Labute approximate surface area is 177 Å². The SMILES string of the molecule is CC1(CNC(=O)c2cccnc2Oc2ccccc2C(N)=O)OCCc2sccc21. The fourth-order valence-electron chi connectivity index (χ4n) is 3.45. The minimum atomic E-state index is -0.624. The third-order valence-corrected chi connectivity index (χ3v) is 6.01. The average molecular weight is 423 g/mol. The minimum absolute atomic E-state index is 0.0923. The summed E-state index contributed by atoms with van der Waals surface area (Å²) in [7, 11) is 0. The van der Waals surface area contributed by atoms with Crippen LogP contribution in [0.2, 0.25) is 0 Å². The molecule has 8 heteroatoms. The van der Waals surface area contributed by atoms with Crippen molar-refractivity contribution in [3.63, 3.8) is 0 Å². The number of ether oxygens (including phenoxy) is 2. The van der Waals surface area contributed by atoms with Crippen LogP contribution < -0.4 is 15.8 Å². The lowest BCUT2D eigenvalue weighted by molar-refractivity contribution is -0.0426. The van der Waals surface area contributed by atoms with Crippen molar-refractivity contribution in [3.8, 4) is 11.6 Å². The predicted octanol–water partition coefficient (Wildman–Crippen LogP) is 3.25. The number of benzene rings is 1. The first-order valence-corrected chi connectivity index (χ1v) is 10.4. The number of primary amides is 1. The van der Waals surface area contributed by atoms with Crippen LogP contribution in [0.25, 0.3) is 0 Å². The average Bonchev–Trinajstić information content (AvgIpc) is 3.23. The second-order valence-electron chi connectivity index (χ2n) is 7.09. The topological polar surface area (TPSA) is 104 Å². The summed E-state index contributed by atoms with van der Waals surface area (Å²) in [5.74, 6) is -0.638. The summed E-state index contributed by atoms with van der Waals surface area (Å²) in [6.45, 7) is 2.90. The van der Waals surface area contributed by atoms with Gasteiger partial charge in [-0.15, -0.1) is 11.3 Å². The lowest BCUT2D eigenvalue weighted by Gasteiger charge is -2.34. The Kier molecular flexibility index (Phi) is 5.52. The van der Waals surface area contributed by atoms with E-state index in [-0.39, 0.29) is 28.7 Å². The molecule has 0 spiro atoms. The smallest absolute Gasteiger partial charge is 0.256 e. The second kappa shape index (κ2) is 8.25. The molecule has 0 saturated heterocycles. The normalized spacial score (nSPS) is 17.8. The van der Waals surface area contributed by atoms with Gasteiger partial charge in [0.25, 0.3) is 11.8 Å². The van der Waals surface area contributed by atoms with Crippen LogP contribution in [0.3, 0.4) is 0 Å². The molecule has 1 unspecified atom stereocenters. The maximum atomic E-state index is 12.9. The molecule has 3 N–H and O–H groups in total. The maximum Gasteiger partial charge on any atom is 0.256 e. The van der Waals surface area contributed by atoms with E-state index < -0.39 is 11.5 Å². The van der Waals surface area contributed by atoms with Crippen molar-refractivity contribution in [2.45, 2.75) is 18.9 Å². The lowest BCUT2D eigenvalue weighted by Crippen LogP contribution is -2.43. The van der Waals surface area contributed by atoms with Crippen LogP contribution in [-0.4, -0.2) is 29.9 Å². The zero-order valence-corrected chi connectivity index (χ0v) is 17.2. The molecular formula is C22H21N3O4S. The van der Waals surface area contributed by atoms with Gasteiger partial charge in [-0.3, -0.25) is 9.59 Å². The zero-order valence-electron chi connectivity index (χ0n) is 16.4. The number of carbonyl (C=O) groups excluding carboxylic acids is 2. The summed E-state index contributed by atoms with van der Waals surface area (Å²) in [6, 6.07) is 11.9. The van der Waals surface area contributed by atoms with Gasteiger partial charge in [0, 0.05) is 17.5 Å². The number of nitrogens with one attached hydrogen (secondary N) is 1. The highest BCUT2D eigenvalue weighted by molar-refractivity contribution is 7.10. The number of nitrogens with two attached hydrogens (primary N) is 1. The van der Waals surface area contributed by atoms with Gasteiger partial charge >= 0.3 is 0 Å². The number of pyridine rings is 1. The highest BCUT2D eigenvalue weighted by Crippen LogP contribution is 2.35. The molecule has 1 aliphatic heterocycles. The summed E-state index contributed by atoms with van der Waals surface area (Å²) < 4.78 is 11.8. The van der Waals surface area contributed by atoms with E-state index in [1.165, 1.54) is 11.1 Å². The number of thiophene rings is 1. The van der Waals surface area contributed by atoms with Gasteiger partial charge in [0.2, 0.25) is 5.88 Å². The van der Waals surface area contributed by atoms with Crippen LogP contribution in [0, 0.1) is 0 Å². The Bertz CT molecular complexity index is 1100. The Morgan fingerprint density at radius 2 is 2.03 bits per heavy atom. The highest BCUT2D eigenvalue weighted by Gasteiger charge is 2.34. The first kappa shape index (κ1) is 20.1. The van der Waals surface area contributed by atoms with Crippen LogP contribution >= 0.6 is 11.3 Å². The number of amides is 2. The molecule has 0 aliphatic carbocycles. The van der Waals surface area contributed by atoms with E-state index in [1.54, 1.807) is 47.7 Å². The third-order valence-electron chi connectivity index (χ3n) is 5.03. The van der Waals surface area contributed by atoms with E-state index >= 15 is 0 Å². The van der Waals surface area contributed by atoms with Crippen molar-refractivity contribution in [3.05, 3.63) is 75.6 Å². The van der Waals surface area contributed by atoms with Crippen molar-refractivity contribution in [2.75, 3.05) is 13.2 Å².